The molecule has 0 unspecified atom stereocenters. The van der Waals surface area contributed by atoms with Crippen LogP contribution in [0.2, 0.25) is 0 Å². The molecule has 0 aromatic rings. The molecule has 1 saturated carbocycles. The van der Waals surface area contributed by atoms with E-state index in [0.29, 0.717) is 13.0 Å². The average molecular weight is 426 g/mol. The lowest BCUT2D eigenvalue weighted by molar-refractivity contribution is -0.140. The molecular formula is C13H11Cl6NO2. The number of imide groups is 1. The lowest BCUT2D eigenvalue weighted by atomic mass is 9.84. The smallest absolute Gasteiger partial charge is 0.235 e. The molecule has 3 nitrogen and oxygen atoms in total. The molecular weight excluding hydrogens is 415 g/mol. The summed E-state index contributed by atoms with van der Waals surface area (Å²) in [6.07, 6.45) is 1.52. The SMILES string of the molecule is CCCCN1C(=O)[C@@H]2[C@@H](C1=O)[C@]1(Cl)C(Cl)=C(Cl)[C@]2(Cl)C1(Cl)Cl. The van der Waals surface area contributed by atoms with Crippen molar-refractivity contribution in [2.45, 2.75) is 33.8 Å². The van der Waals surface area contributed by atoms with E-state index in [2.05, 4.69) is 0 Å². The van der Waals surface area contributed by atoms with Crippen LogP contribution in [0, 0.1) is 11.8 Å². The fourth-order valence-corrected chi connectivity index (χ4v) is 6.52. The first kappa shape index (κ1) is 17.4. The second kappa shape index (κ2) is 5.06. The molecule has 1 saturated heterocycles. The number of hydrogen-bond acceptors (Lipinski definition) is 2. The zero-order chi connectivity index (χ0) is 16.7. The topological polar surface area (TPSA) is 37.4 Å². The molecule has 3 rings (SSSR count). The highest BCUT2D eigenvalue weighted by molar-refractivity contribution is 6.66. The third-order valence-electron chi connectivity index (χ3n) is 4.74. The van der Waals surface area contributed by atoms with E-state index in [1.807, 2.05) is 6.92 Å². The van der Waals surface area contributed by atoms with Crippen molar-refractivity contribution < 1.29 is 9.59 Å². The molecule has 0 spiro atoms. The summed E-state index contributed by atoms with van der Waals surface area (Å²) in [6, 6.07) is 0. The molecule has 2 bridgehead atoms. The van der Waals surface area contributed by atoms with Crippen LogP contribution in [0.5, 0.6) is 0 Å². The number of rotatable bonds is 3. The number of alkyl halides is 4. The van der Waals surface area contributed by atoms with E-state index in [-0.39, 0.29) is 10.1 Å². The van der Waals surface area contributed by atoms with Crippen LogP contribution in [-0.2, 0) is 9.59 Å². The van der Waals surface area contributed by atoms with Crippen molar-refractivity contribution in [1.82, 2.24) is 4.90 Å². The first-order valence-electron chi connectivity index (χ1n) is 6.75. The van der Waals surface area contributed by atoms with Crippen LogP contribution in [0.15, 0.2) is 10.1 Å². The number of carbonyl (C=O) groups excluding carboxylic acids is 2. The predicted octanol–water partition coefficient (Wildman–Crippen LogP) is 4.23. The van der Waals surface area contributed by atoms with Crippen LogP contribution in [-0.4, -0.2) is 37.3 Å². The van der Waals surface area contributed by atoms with Crippen LogP contribution in [0.3, 0.4) is 0 Å². The van der Waals surface area contributed by atoms with Crippen LogP contribution in [0.1, 0.15) is 19.8 Å². The summed E-state index contributed by atoms with van der Waals surface area (Å²) in [5.41, 5.74) is 0. The Morgan fingerprint density at radius 2 is 1.36 bits per heavy atom. The van der Waals surface area contributed by atoms with Crippen LogP contribution < -0.4 is 0 Å². The minimum Gasteiger partial charge on any atom is -0.282 e. The van der Waals surface area contributed by atoms with Gasteiger partial charge in [-0.05, 0) is 6.42 Å². The van der Waals surface area contributed by atoms with Gasteiger partial charge >= 0.3 is 0 Å². The highest BCUT2D eigenvalue weighted by atomic mass is 35.5. The van der Waals surface area contributed by atoms with Gasteiger partial charge in [0.1, 0.15) is 9.75 Å². The van der Waals surface area contributed by atoms with E-state index >= 15 is 0 Å². The number of nitrogens with zero attached hydrogens (tertiary/aromatic N) is 1. The Labute approximate surface area is 157 Å². The molecule has 122 valence electrons. The summed E-state index contributed by atoms with van der Waals surface area (Å²) in [4.78, 5) is 23.2. The molecule has 0 N–H and O–H groups in total. The number of fused-ring (bicyclic) bond motifs is 5. The normalized spacial score (nSPS) is 42.6. The third-order valence-corrected chi connectivity index (χ3v) is 8.99. The van der Waals surface area contributed by atoms with Gasteiger partial charge in [0, 0.05) is 6.54 Å². The molecule has 2 aliphatic carbocycles. The summed E-state index contributed by atoms with van der Waals surface area (Å²) < 4.78 is -1.85. The second-order valence-corrected chi connectivity index (χ2v) is 9.04. The highest BCUT2D eigenvalue weighted by Crippen LogP contribution is 2.77. The molecule has 2 fully saturated rings. The van der Waals surface area contributed by atoms with Crippen molar-refractivity contribution in [2.75, 3.05) is 6.54 Å². The van der Waals surface area contributed by atoms with Gasteiger partial charge in [-0.1, -0.05) is 59.7 Å². The zero-order valence-corrected chi connectivity index (χ0v) is 15.8. The monoisotopic (exact) mass is 423 g/mol. The van der Waals surface area contributed by atoms with Gasteiger partial charge in [-0.15, -0.1) is 23.2 Å². The molecule has 3 aliphatic rings. The number of halogens is 6. The fraction of sp³-hybridized carbons (Fsp3) is 0.692. The predicted molar refractivity (Wildman–Crippen MR) is 88.9 cm³/mol. The number of hydrogen-bond donors (Lipinski definition) is 0. The maximum Gasteiger partial charge on any atom is 0.235 e. The first-order valence-corrected chi connectivity index (χ1v) is 9.02. The van der Waals surface area contributed by atoms with E-state index in [0.717, 1.165) is 11.3 Å². The standard InChI is InChI=1S/C13H11Cl6NO2/c1-2-3-4-20-9(21)5-6(10(20)22)12(17)8(15)7(14)11(5,16)13(12,18)19/h5-6H,2-4H2,1H3/t5-,6-,11-,12-/m0/s1. The molecule has 0 aromatic carbocycles. The van der Waals surface area contributed by atoms with Gasteiger partial charge in [0.05, 0.1) is 21.9 Å². The Hall–Kier alpha value is 0.620. The Balaban J connectivity index is 2.15. The molecule has 1 heterocycles. The Bertz CT molecular complexity index is 574. The number of unbranched alkanes of at least 4 members (excludes halogenated alkanes) is 1. The van der Waals surface area contributed by atoms with Gasteiger partial charge in [-0.2, -0.15) is 0 Å². The highest BCUT2D eigenvalue weighted by Gasteiger charge is 2.87. The summed E-state index contributed by atoms with van der Waals surface area (Å²) in [7, 11) is 0. The Kier molecular flexibility index (Phi) is 4.01. The van der Waals surface area contributed by atoms with Crippen molar-refractivity contribution in [2.24, 2.45) is 11.8 Å². The van der Waals surface area contributed by atoms with Crippen molar-refractivity contribution in [3.8, 4) is 0 Å². The van der Waals surface area contributed by atoms with Gasteiger partial charge in [-0.3, -0.25) is 14.5 Å². The summed E-state index contributed by atoms with van der Waals surface area (Å²) >= 11 is 38.2. The molecule has 1 aliphatic heterocycles. The van der Waals surface area contributed by atoms with Gasteiger partial charge in [-0.25, -0.2) is 0 Å². The molecule has 2 amide bonds. The average Bonchev–Trinajstić information content (AvgIpc) is 2.83. The minimum absolute atomic E-state index is 0.0597. The van der Waals surface area contributed by atoms with Crippen molar-refractivity contribution in [1.29, 1.82) is 0 Å². The summed E-state index contributed by atoms with van der Waals surface area (Å²) in [6.45, 7) is 2.26. The summed E-state index contributed by atoms with van der Waals surface area (Å²) in [5.74, 6) is -2.93. The van der Waals surface area contributed by atoms with Crippen LogP contribution in [0.25, 0.3) is 0 Å². The quantitative estimate of drug-likeness (QED) is 0.501. The number of carbonyl (C=O) groups is 2. The lowest BCUT2D eigenvalue weighted by Gasteiger charge is -2.34. The Morgan fingerprint density at radius 1 is 0.955 bits per heavy atom. The van der Waals surface area contributed by atoms with Gasteiger partial charge in [0.15, 0.2) is 4.33 Å². The van der Waals surface area contributed by atoms with Crippen LogP contribution >= 0.6 is 69.6 Å². The first-order chi connectivity index (χ1) is 10.1. The molecule has 22 heavy (non-hydrogen) atoms. The minimum atomic E-state index is -1.85. The lowest BCUT2D eigenvalue weighted by Crippen LogP contribution is -2.50. The zero-order valence-electron chi connectivity index (χ0n) is 11.3. The van der Waals surface area contributed by atoms with Crippen LogP contribution in [0.4, 0.5) is 0 Å². The second-order valence-electron chi connectivity index (χ2n) is 5.76. The molecule has 0 aromatic heterocycles. The fourth-order valence-electron chi connectivity index (χ4n) is 3.59. The van der Waals surface area contributed by atoms with Gasteiger partial charge in [0.25, 0.3) is 0 Å². The maximum absolute atomic E-state index is 12.7. The molecule has 0 radical (unpaired) electrons. The van der Waals surface area contributed by atoms with Crippen molar-refractivity contribution >= 4 is 81.4 Å². The van der Waals surface area contributed by atoms with E-state index < -0.39 is 37.7 Å². The van der Waals surface area contributed by atoms with E-state index in [9.17, 15) is 9.59 Å². The maximum atomic E-state index is 12.7. The van der Waals surface area contributed by atoms with E-state index in [4.69, 9.17) is 69.6 Å². The van der Waals surface area contributed by atoms with E-state index in [1.165, 1.54) is 0 Å². The third kappa shape index (κ3) is 1.59. The molecule has 9 heteroatoms. The number of likely N-dealkylation sites (tertiary alicyclic amines) is 1. The van der Waals surface area contributed by atoms with E-state index in [1.54, 1.807) is 0 Å². The van der Waals surface area contributed by atoms with Gasteiger partial charge in [0.2, 0.25) is 11.8 Å². The Morgan fingerprint density at radius 3 is 1.73 bits per heavy atom. The molecule has 4 atom stereocenters. The van der Waals surface area contributed by atoms with Gasteiger partial charge < -0.3 is 0 Å². The van der Waals surface area contributed by atoms with Crippen molar-refractivity contribution in [3.05, 3.63) is 10.1 Å². The summed E-state index contributed by atoms with van der Waals surface area (Å²) in [5, 5.41) is -0.119. The van der Waals surface area contributed by atoms with Crippen molar-refractivity contribution in [3.63, 3.8) is 0 Å². The number of allylic oxidation sites excluding steroid dienone is 2. The largest absolute Gasteiger partial charge is 0.282 e. The number of amides is 2.